The Kier molecular flexibility index (Phi) is 5.53. The van der Waals surface area contributed by atoms with Crippen LogP contribution in [0.15, 0.2) is 47.6 Å². The maximum Gasteiger partial charge on any atom is 0.237 e. The molecule has 26 heavy (non-hydrogen) atoms. The fraction of sp³-hybridized carbons (Fsp3) is 0.118. The lowest BCUT2D eigenvalue weighted by Gasteiger charge is -2.10. The zero-order valence-corrected chi connectivity index (χ0v) is 15.0. The van der Waals surface area contributed by atoms with Crippen LogP contribution in [0.2, 0.25) is 5.02 Å². The number of benzene rings is 2. The van der Waals surface area contributed by atoms with E-state index in [1.807, 2.05) is 0 Å². The highest BCUT2D eigenvalue weighted by molar-refractivity contribution is 8.00. The Hall–Kier alpha value is -2.45. The average Bonchev–Trinajstić information content (AvgIpc) is 3.06. The van der Waals surface area contributed by atoms with Crippen molar-refractivity contribution >= 4 is 35.0 Å². The van der Waals surface area contributed by atoms with E-state index in [1.165, 1.54) is 18.2 Å². The molecule has 1 amide bonds. The van der Waals surface area contributed by atoms with Crippen molar-refractivity contribution in [3.05, 3.63) is 59.1 Å². The molecule has 0 aliphatic carbocycles. The molecule has 3 rings (SSSR count). The number of hydrogen-bond acceptors (Lipinski definition) is 4. The van der Waals surface area contributed by atoms with Gasteiger partial charge in [-0.05, 0) is 37.3 Å². The summed E-state index contributed by atoms with van der Waals surface area (Å²) >= 11 is 6.75. The SMILES string of the molecule is C[C@H](Sc1n[nH]c(-c2ccccc2F)n1)C(=O)Nc1ccc(Cl)cc1F. The Morgan fingerprint density at radius 2 is 2.00 bits per heavy atom. The smallest absolute Gasteiger partial charge is 0.237 e. The number of carbonyl (C=O) groups is 1. The van der Waals surface area contributed by atoms with Crippen molar-refractivity contribution in [3.8, 4) is 11.4 Å². The summed E-state index contributed by atoms with van der Waals surface area (Å²) in [4.78, 5) is 16.4. The molecule has 0 spiro atoms. The van der Waals surface area contributed by atoms with Crippen molar-refractivity contribution in [2.45, 2.75) is 17.3 Å². The number of rotatable bonds is 5. The van der Waals surface area contributed by atoms with Gasteiger partial charge in [0.2, 0.25) is 11.1 Å². The van der Waals surface area contributed by atoms with Crippen LogP contribution < -0.4 is 5.32 Å². The van der Waals surface area contributed by atoms with Crippen LogP contribution in [0.4, 0.5) is 14.5 Å². The summed E-state index contributed by atoms with van der Waals surface area (Å²) in [5.74, 6) is -1.21. The number of thioether (sulfide) groups is 1. The molecule has 1 heterocycles. The van der Waals surface area contributed by atoms with E-state index >= 15 is 0 Å². The van der Waals surface area contributed by atoms with Crippen molar-refractivity contribution in [2.75, 3.05) is 5.32 Å². The molecule has 0 unspecified atom stereocenters. The van der Waals surface area contributed by atoms with E-state index in [2.05, 4.69) is 20.5 Å². The number of aromatic amines is 1. The highest BCUT2D eigenvalue weighted by atomic mass is 35.5. The van der Waals surface area contributed by atoms with Crippen molar-refractivity contribution in [2.24, 2.45) is 0 Å². The van der Waals surface area contributed by atoms with E-state index in [1.54, 1.807) is 25.1 Å². The Labute approximate surface area is 157 Å². The fourth-order valence-corrected chi connectivity index (χ4v) is 2.99. The average molecular weight is 395 g/mol. The Morgan fingerprint density at radius 1 is 1.23 bits per heavy atom. The van der Waals surface area contributed by atoms with Crippen molar-refractivity contribution in [1.82, 2.24) is 15.2 Å². The van der Waals surface area contributed by atoms with Crippen molar-refractivity contribution in [1.29, 1.82) is 0 Å². The number of nitrogens with one attached hydrogen (secondary N) is 2. The van der Waals surface area contributed by atoms with Gasteiger partial charge in [-0.2, -0.15) is 0 Å². The third-order valence-corrected chi connectivity index (χ3v) is 4.63. The quantitative estimate of drug-likeness (QED) is 0.624. The zero-order chi connectivity index (χ0) is 18.7. The monoisotopic (exact) mass is 394 g/mol. The number of carbonyl (C=O) groups excluding carboxylic acids is 1. The molecule has 0 radical (unpaired) electrons. The molecule has 2 N–H and O–H groups in total. The minimum atomic E-state index is -0.622. The molecule has 0 aliphatic heterocycles. The maximum atomic E-state index is 13.8. The number of H-pyrrole nitrogens is 1. The lowest BCUT2D eigenvalue weighted by Crippen LogP contribution is -2.23. The van der Waals surface area contributed by atoms with Crippen LogP contribution in [0.3, 0.4) is 0 Å². The van der Waals surface area contributed by atoms with Crippen LogP contribution in [0.1, 0.15) is 6.92 Å². The predicted molar refractivity (Wildman–Crippen MR) is 97.1 cm³/mol. The summed E-state index contributed by atoms with van der Waals surface area (Å²) in [6, 6.07) is 10.1. The molecule has 9 heteroatoms. The third-order valence-electron chi connectivity index (χ3n) is 3.43. The predicted octanol–water partition coefficient (Wildman–Crippen LogP) is 4.52. The van der Waals surface area contributed by atoms with Gasteiger partial charge in [0.05, 0.1) is 16.5 Å². The molecular weight excluding hydrogens is 382 g/mol. The van der Waals surface area contributed by atoms with Gasteiger partial charge in [0.1, 0.15) is 11.6 Å². The molecule has 3 aromatic rings. The molecule has 0 saturated heterocycles. The van der Waals surface area contributed by atoms with Gasteiger partial charge >= 0.3 is 0 Å². The second kappa shape index (κ2) is 7.84. The van der Waals surface area contributed by atoms with Crippen molar-refractivity contribution < 1.29 is 13.6 Å². The normalized spacial score (nSPS) is 12.0. The minimum absolute atomic E-state index is 0.0360. The molecule has 0 fully saturated rings. The summed E-state index contributed by atoms with van der Waals surface area (Å²) in [6.07, 6.45) is 0. The van der Waals surface area contributed by atoms with Gasteiger partial charge in [-0.25, -0.2) is 13.8 Å². The Morgan fingerprint density at radius 3 is 2.73 bits per heavy atom. The second-order valence-electron chi connectivity index (χ2n) is 5.32. The molecular formula is C17H13ClF2N4OS. The number of aromatic nitrogens is 3. The lowest BCUT2D eigenvalue weighted by molar-refractivity contribution is -0.115. The Balaban J connectivity index is 1.67. The van der Waals surface area contributed by atoms with Gasteiger partial charge in [-0.15, -0.1) is 5.10 Å². The standard InChI is InChI=1S/C17H13ClF2N4OS/c1-9(16(25)21-14-7-6-10(18)8-13(14)20)26-17-22-15(23-24-17)11-4-2-3-5-12(11)19/h2-9H,1H3,(H,21,25)(H,22,23,24)/t9-/m0/s1. The molecule has 2 aromatic carbocycles. The van der Waals surface area contributed by atoms with E-state index in [0.717, 1.165) is 17.8 Å². The maximum absolute atomic E-state index is 13.8. The summed E-state index contributed by atoms with van der Waals surface area (Å²) in [7, 11) is 0. The first kappa shape index (κ1) is 18.3. The molecule has 134 valence electrons. The number of anilines is 1. The highest BCUT2D eigenvalue weighted by Gasteiger charge is 2.19. The van der Waals surface area contributed by atoms with Crippen LogP contribution in [-0.2, 0) is 4.79 Å². The molecule has 0 bridgehead atoms. The third kappa shape index (κ3) is 4.20. The van der Waals surface area contributed by atoms with Gasteiger partial charge in [-0.3, -0.25) is 9.89 Å². The van der Waals surface area contributed by atoms with E-state index < -0.39 is 22.8 Å². The van der Waals surface area contributed by atoms with E-state index in [0.29, 0.717) is 0 Å². The molecule has 0 aliphatic rings. The summed E-state index contributed by atoms with van der Waals surface area (Å²) in [6.45, 7) is 1.63. The number of hydrogen-bond donors (Lipinski definition) is 2. The van der Waals surface area contributed by atoms with Crippen LogP contribution in [0.5, 0.6) is 0 Å². The van der Waals surface area contributed by atoms with Crippen LogP contribution in [0.25, 0.3) is 11.4 Å². The number of nitrogens with zero attached hydrogens (tertiary/aromatic N) is 2. The summed E-state index contributed by atoms with van der Waals surface area (Å²) < 4.78 is 27.5. The van der Waals surface area contributed by atoms with Crippen LogP contribution in [-0.4, -0.2) is 26.3 Å². The summed E-state index contributed by atoms with van der Waals surface area (Å²) in [5, 5.41) is 9.03. The van der Waals surface area contributed by atoms with Gasteiger partial charge < -0.3 is 5.32 Å². The van der Waals surface area contributed by atoms with Gasteiger partial charge in [0.15, 0.2) is 5.82 Å². The van der Waals surface area contributed by atoms with E-state index in [4.69, 9.17) is 11.6 Å². The van der Waals surface area contributed by atoms with Gasteiger partial charge in [0.25, 0.3) is 0 Å². The molecule has 1 aromatic heterocycles. The molecule has 5 nitrogen and oxygen atoms in total. The van der Waals surface area contributed by atoms with Crippen LogP contribution >= 0.6 is 23.4 Å². The van der Waals surface area contributed by atoms with E-state index in [9.17, 15) is 13.6 Å². The van der Waals surface area contributed by atoms with Gasteiger partial charge in [-0.1, -0.05) is 35.5 Å². The zero-order valence-electron chi connectivity index (χ0n) is 13.5. The number of amides is 1. The second-order valence-corrected chi connectivity index (χ2v) is 7.06. The van der Waals surface area contributed by atoms with Gasteiger partial charge in [0, 0.05) is 5.02 Å². The van der Waals surface area contributed by atoms with E-state index in [-0.39, 0.29) is 27.3 Å². The Bertz CT molecular complexity index is 950. The summed E-state index contributed by atoms with van der Waals surface area (Å²) in [5.41, 5.74) is 0.320. The molecule has 0 saturated carbocycles. The fourth-order valence-electron chi connectivity index (χ4n) is 2.11. The first-order valence-corrected chi connectivity index (χ1v) is 8.79. The highest BCUT2D eigenvalue weighted by Crippen LogP contribution is 2.25. The lowest BCUT2D eigenvalue weighted by atomic mass is 10.2. The topological polar surface area (TPSA) is 70.7 Å². The largest absolute Gasteiger partial charge is 0.323 e. The minimum Gasteiger partial charge on any atom is -0.323 e. The molecule has 1 atom stereocenters. The van der Waals surface area contributed by atoms with Crippen LogP contribution in [0, 0.1) is 11.6 Å². The van der Waals surface area contributed by atoms with Crippen molar-refractivity contribution in [3.63, 3.8) is 0 Å². The number of halogens is 3. The first-order chi connectivity index (χ1) is 12.4. The first-order valence-electron chi connectivity index (χ1n) is 7.54.